The molecule has 0 rings (SSSR count). The molecule has 0 radical (unpaired) electrons. The lowest BCUT2D eigenvalue weighted by Crippen LogP contribution is -2.07. The van der Waals surface area contributed by atoms with Crippen molar-refractivity contribution in [2.45, 2.75) is 32.3 Å². The number of allylic oxidation sites excluding steroid dienone is 2. The monoisotopic (exact) mass is 184 g/mol. The largest absolute Gasteiger partial charge is 0.393 e. The molecule has 0 amide bonds. The highest BCUT2D eigenvalue weighted by molar-refractivity contribution is 4.89. The van der Waals surface area contributed by atoms with Crippen LogP contribution < -0.4 is 0 Å². The van der Waals surface area contributed by atoms with Gasteiger partial charge in [-0.15, -0.1) is 6.58 Å². The molecule has 0 spiro atoms. The van der Waals surface area contributed by atoms with Crippen molar-refractivity contribution in [3.8, 4) is 0 Å². The first-order valence-corrected chi connectivity index (χ1v) is 4.77. The van der Waals surface area contributed by atoms with Gasteiger partial charge in [0.05, 0.1) is 12.7 Å². The quantitative estimate of drug-likeness (QED) is 0.593. The van der Waals surface area contributed by atoms with E-state index in [1.165, 1.54) is 0 Å². The van der Waals surface area contributed by atoms with Crippen molar-refractivity contribution in [2.75, 3.05) is 6.61 Å². The summed E-state index contributed by atoms with van der Waals surface area (Å²) in [7, 11) is 0. The minimum atomic E-state index is -0.702. The zero-order valence-corrected chi connectivity index (χ0v) is 8.32. The lowest BCUT2D eigenvalue weighted by molar-refractivity contribution is 0.131. The highest BCUT2D eigenvalue weighted by Gasteiger charge is 1.98. The summed E-state index contributed by atoms with van der Waals surface area (Å²) in [5.74, 6) is 0.611. The summed E-state index contributed by atoms with van der Waals surface area (Å²) in [5.41, 5.74) is 0. The topological polar surface area (TPSA) is 40.5 Å². The second kappa shape index (κ2) is 8.02. The predicted molar refractivity (Wildman–Crippen MR) is 55.4 cm³/mol. The highest BCUT2D eigenvalue weighted by Crippen LogP contribution is 2.10. The van der Waals surface area contributed by atoms with Gasteiger partial charge in [0.2, 0.25) is 0 Å². The Bertz CT molecular complexity index is 152. The summed E-state index contributed by atoms with van der Waals surface area (Å²) in [6, 6.07) is 0. The lowest BCUT2D eigenvalue weighted by atomic mass is 10.0. The fourth-order valence-corrected chi connectivity index (χ4v) is 1.05. The number of hydrogen-bond donors (Lipinski definition) is 2. The first kappa shape index (κ1) is 12.4. The maximum Gasteiger partial charge on any atom is 0.0951 e. The van der Waals surface area contributed by atoms with Crippen LogP contribution in [-0.4, -0.2) is 22.9 Å². The molecule has 76 valence electrons. The average molecular weight is 184 g/mol. The Hall–Kier alpha value is -0.600. The molecular weight excluding hydrogens is 164 g/mol. The molecule has 2 unspecified atom stereocenters. The van der Waals surface area contributed by atoms with Crippen molar-refractivity contribution in [2.24, 2.45) is 5.92 Å². The van der Waals surface area contributed by atoms with E-state index in [0.29, 0.717) is 5.92 Å². The molecule has 0 aromatic carbocycles. The first-order chi connectivity index (χ1) is 6.20. The van der Waals surface area contributed by atoms with Crippen LogP contribution in [0.2, 0.25) is 0 Å². The van der Waals surface area contributed by atoms with E-state index in [1.54, 1.807) is 6.08 Å². The van der Waals surface area contributed by atoms with Crippen molar-refractivity contribution >= 4 is 0 Å². The molecule has 2 nitrogen and oxygen atoms in total. The lowest BCUT2D eigenvalue weighted by Gasteiger charge is -2.06. The Morgan fingerprint density at radius 3 is 2.69 bits per heavy atom. The minimum Gasteiger partial charge on any atom is -0.393 e. The molecule has 0 fully saturated rings. The van der Waals surface area contributed by atoms with Gasteiger partial charge >= 0.3 is 0 Å². The van der Waals surface area contributed by atoms with E-state index in [0.717, 1.165) is 19.3 Å². The second-order valence-electron chi connectivity index (χ2n) is 3.38. The third-order valence-corrected chi connectivity index (χ3v) is 1.95. The molecular formula is C11H20O2. The summed E-state index contributed by atoms with van der Waals surface area (Å²) >= 11 is 0. The van der Waals surface area contributed by atoms with Crippen LogP contribution in [0.4, 0.5) is 0 Å². The van der Waals surface area contributed by atoms with Crippen LogP contribution in [0, 0.1) is 5.92 Å². The van der Waals surface area contributed by atoms with Gasteiger partial charge in [0, 0.05) is 0 Å². The van der Waals surface area contributed by atoms with Crippen molar-refractivity contribution in [3.63, 3.8) is 0 Å². The van der Waals surface area contributed by atoms with Gasteiger partial charge in [-0.1, -0.05) is 25.2 Å². The third-order valence-electron chi connectivity index (χ3n) is 1.95. The molecule has 2 heteroatoms. The first-order valence-electron chi connectivity index (χ1n) is 4.77. The molecule has 0 aliphatic carbocycles. The van der Waals surface area contributed by atoms with E-state index in [9.17, 15) is 0 Å². The molecule has 0 aromatic rings. The maximum atomic E-state index is 8.99. The van der Waals surface area contributed by atoms with Crippen molar-refractivity contribution in [1.82, 2.24) is 0 Å². The average Bonchev–Trinajstić information content (AvgIpc) is 2.14. The molecule has 0 bridgehead atoms. The summed E-state index contributed by atoms with van der Waals surface area (Å²) < 4.78 is 0. The molecule has 2 atom stereocenters. The van der Waals surface area contributed by atoms with Crippen LogP contribution in [0.1, 0.15) is 26.2 Å². The third kappa shape index (κ3) is 7.75. The van der Waals surface area contributed by atoms with Crippen molar-refractivity contribution < 1.29 is 10.2 Å². The number of aliphatic hydroxyl groups is 2. The molecule has 0 saturated heterocycles. The molecule has 0 heterocycles. The number of hydrogen-bond acceptors (Lipinski definition) is 2. The fraction of sp³-hybridized carbons (Fsp3) is 0.636. The Morgan fingerprint density at radius 1 is 1.46 bits per heavy atom. The van der Waals surface area contributed by atoms with E-state index in [1.807, 2.05) is 12.2 Å². The van der Waals surface area contributed by atoms with Crippen molar-refractivity contribution in [1.29, 1.82) is 0 Å². The molecule has 0 aliphatic heterocycles. The van der Waals surface area contributed by atoms with E-state index in [-0.39, 0.29) is 6.61 Å². The van der Waals surface area contributed by atoms with Gasteiger partial charge in [-0.2, -0.15) is 0 Å². The van der Waals surface area contributed by atoms with Gasteiger partial charge in [-0.05, 0) is 25.2 Å². The zero-order chi connectivity index (χ0) is 10.1. The Kier molecular flexibility index (Phi) is 7.65. The van der Waals surface area contributed by atoms with Gasteiger partial charge in [-0.3, -0.25) is 0 Å². The van der Waals surface area contributed by atoms with Gasteiger partial charge in [0.25, 0.3) is 0 Å². The Morgan fingerprint density at radius 2 is 2.15 bits per heavy atom. The molecule has 0 saturated carbocycles. The van der Waals surface area contributed by atoms with Gasteiger partial charge in [0.1, 0.15) is 0 Å². The second-order valence-corrected chi connectivity index (χ2v) is 3.38. The molecule has 2 N–H and O–H groups in total. The van der Waals surface area contributed by atoms with Crippen LogP contribution in [-0.2, 0) is 0 Å². The van der Waals surface area contributed by atoms with Gasteiger partial charge < -0.3 is 10.2 Å². The summed E-state index contributed by atoms with van der Waals surface area (Å²) in [6.07, 6.45) is 7.90. The Labute approximate surface area is 80.6 Å². The zero-order valence-electron chi connectivity index (χ0n) is 8.32. The standard InChI is InChI=1S/C11H20O2/c1-3-4-6-10(2)7-5-8-11(13)9-12/h3,5,8,10-13H,1,4,6-7,9H2,2H3. The molecule has 0 aromatic heterocycles. The van der Waals surface area contributed by atoms with Gasteiger partial charge in [-0.25, -0.2) is 0 Å². The summed E-state index contributed by atoms with van der Waals surface area (Å²) in [4.78, 5) is 0. The van der Waals surface area contributed by atoms with Crippen LogP contribution in [0.5, 0.6) is 0 Å². The molecule has 13 heavy (non-hydrogen) atoms. The van der Waals surface area contributed by atoms with Crippen LogP contribution in [0.15, 0.2) is 24.8 Å². The Balaban J connectivity index is 3.49. The minimum absolute atomic E-state index is 0.197. The molecule has 0 aliphatic rings. The van der Waals surface area contributed by atoms with E-state index in [4.69, 9.17) is 10.2 Å². The van der Waals surface area contributed by atoms with E-state index >= 15 is 0 Å². The summed E-state index contributed by atoms with van der Waals surface area (Å²) in [6.45, 7) is 5.63. The van der Waals surface area contributed by atoms with Crippen LogP contribution >= 0.6 is 0 Å². The fourth-order valence-electron chi connectivity index (χ4n) is 1.05. The normalized spacial score (nSPS) is 15.9. The number of rotatable bonds is 7. The highest BCUT2D eigenvalue weighted by atomic mass is 16.3. The smallest absolute Gasteiger partial charge is 0.0951 e. The summed E-state index contributed by atoms with van der Waals surface area (Å²) in [5, 5.41) is 17.5. The predicted octanol–water partition coefficient (Wildman–Crippen LogP) is 1.89. The van der Waals surface area contributed by atoms with Crippen molar-refractivity contribution in [3.05, 3.63) is 24.8 Å². The van der Waals surface area contributed by atoms with Gasteiger partial charge in [0.15, 0.2) is 0 Å². The van der Waals surface area contributed by atoms with Crippen LogP contribution in [0.25, 0.3) is 0 Å². The maximum absolute atomic E-state index is 8.99. The van der Waals surface area contributed by atoms with E-state index < -0.39 is 6.10 Å². The number of aliphatic hydroxyl groups excluding tert-OH is 2. The van der Waals surface area contributed by atoms with Crippen LogP contribution in [0.3, 0.4) is 0 Å². The SMILES string of the molecule is C=CCCC(C)CC=CC(O)CO. The van der Waals surface area contributed by atoms with E-state index in [2.05, 4.69) is 13.5 Å².